The standard InChI is InChI=1S/C13H9BrN2O5/c14-10-4-3-9(16(19)20)6-11(10)21-7-8-2-1-5-15-12(8)13(17)18/h1-6H,7H2,(H,17,18). The molecule has 2 rings (SSSR count). The van der Waals surface area contributed by atoms with Crippen molar-refractivity contribution in [1.29, 1.82) is 0 Å². The molecule has 0 spiro atoms. The number of nitro groups is 1. The second-order valence-electron chi connectivity index (χ2n) is 3.98. The summed E-state index contributed by atoms with van der Waals surface area (Å²) in [6.45, 7) is -0.0603. The van der Waals surface area contributed by atoms with E-state index in [0.717, 1.165) is 0 Å². The maximum Gasteiger partial charge on any atom is 0.354 e. The Bertz CT molecular complexity index is 705. The minimum Gasteiger partial charge on any atom is -0.487 e. The van der Waals surface area contributed by atoms with Crippen LogP contribution in [-0.4, -0.2) is 21.0 Å². The Hall–Kier alpha value is -2.48. The fraction of sp³-hybridized carbons (Fsp3) is 0.0769. The van der Waals surface area contributed by atoms with Crippen LogP contribution in [0.4, 0.5) is 5.69 Å². The maximum atomic E-state index is 11.0. The second-order valence-corrected chi connectivity index (χ2v) is 4.83. The summed E-state index contributed by atoms with van der Waals surface area (Å²) in [7, 11) is 0. The molecule has 0 aliphatic heterocycles. The fourth-order valence-electron chi connectivity index (χ4n) is 1.62. The highest BCUT2D eigenvalue weighted by Gasteiger charge is 2.14. The molecule has 0 amide bonds. The monoisotopic (exact) mass is 352 g/mol. The number of ether oxygens (including phenoxy) is 1. The summed E-state index contributed by atoms with van der Waals surface area (Å²) in [4.78, 5) is 25.0. The van der Waals surface area contributed by atoms with E-state index in [1.54, 1.807) is 12.1 Å². The predicted octanol–water partition coefficient (Wildman–Crippen LogP) is 3.03. The van der Waals surface area contributed by atoms with Crippen LogP contribution in [0.2, 0.25) is 0 Å². The van der Waals surface area contributed by atoms with Crippen LogP contribution in [0.5, 0.6) is 5.75 Å². The summed E-state index contributed by atoms with van der Waals surface area (Å²) >= 11 is 3.22. The number of hydrogen-bond donors (Lipinski definition) is 1. The van der Waals surface area contributed by atoms with Gasteiger partial charge in [-0.15, -0.1) is 0 Å². The van der Waals surface area contributed by atoms with Crippen molar-refractivity contribution in [2.75, 3.05) is 0 Å². The molecule has 0 atom stereocenters. The van der Waals surface area contributed by atoms with Crippen molar-refractivity contribution >= 4 is 27.6 Å². The number of benzene rings is 1. The highest BCUT2D eigenvalue weighted by Crippen LogP contribution is 2.30. The number of nitrogens with zero attached hydrogens (tertiary/aromatic N) is 2. The van der Waals surface area contributed by atoms with Gasteiger partial charge in [-0.3, -0.25) is 10.1 Å². The number of halogens is 1. The van der Waals surface area contributed by atoms with Gasteiger partial charge in [0.2, 0.25) is 0 Å². The van der Waals surface area contributed by atoms with E-state index in [1.807, 2.05) is 0 Å². The number of carbonyl (C=O) groups is 1. The molecule has 0 saturated carbocycles. The molecule has 8 heteroatoms. The van der Waals surface area contributed by atoms with Crippen LogP contribution in [0.1, 0.15) is 16.1 Å². The Morgan fingerprint density at radius 1 is 1.43 bits per heavy atom. The number of pyridine rings is 1. The summed E-state index contributed by atoms with van der Waals surface area (Å²) in [5.74, 6) is -0.906. The maximum absolute atomic E-state index is 11.0. The van der Waals surface area contributed by atoms with Gasteiger partial charge in [-0.1, -0.05) is 6.07 Å². The van der Waals surface area contributed by atoms with Crippen LogP contribution < -0.4 is 4.74 Å². The number of non-ortho nitro benzene ring substituents is 1. The van der Waals surface area contributed by atoms with E-state index in [-0.39, 0.29) is 23.7 Å². The van der Waals surface area contributed by atoms with E-state index < -0.39 is 10.9 Å². The summed E-state index contributed by atoms with van der Waals surface area (Å²) in [5, 5.41) is 19.7. The highest BCUT2D eigenvalue weighted by molar-refractivity contribution is 9.10. The number of carboxylic acid groups (broad SMARTS) is 1. The number of aromatic nitrogens is 1. The van der Waals surface area contributed by atoms with Gasteiger partial charge in [-0.2, -0.15) is 0 Å². The van der Waals surface area contributed by atoms with E-state index in [1.165, 1.54) is 24.4 Å². The summed E-state index contributed by atoms with van der Waals surface area (Å²) in [6.07, 6.45) is 1.37. The molecule has 0 aliphatic rings. The van der Waals surface area contributed by atoms with Gasteiger partial charge in [-0.05, 0) is 28.1 Å². The molecule has 1 aromatic heterocycles. The van der Waals surface area contributed by atoms with Gasteiger partial charge in [-0.25, -0.2) is 9.78 Å². The lowest BCUT2D eigenvalue weighted by Crippen LogP contribution is -2.08. The molecule has 0 radical (unpaired) electrons. The first-order valence-corrected chi connectivity index (χ1v) is 6.52. The SMILES string of the molecule is O=C(O)c1ncccc1COc1cc([N+](=O)[O-])ccc1Br. The number of hydrogen-bond acceptors (Lipinski definition) is 5. The van der Waals surface area contributed by atoms with Gasteiger partial charge in [0.25, 0.3) is 5.69 Å². The zero-order valence-electron chi connectivity index (χ0n) is 10.5. The first-order valence-electron chi connectivity index (χ1n) is 5.73. The number of rotatable bonds is 5. The predicted molar refractivity (Wildman–Crippen MR) is 76.3 cm³/mol. The Balaban J connectivity index is 2.22. The quantitative estimate of drug-likeness (QED) is 0.655. The third-order valence-electron chi connectivity index (χ3n) is 2.60. The summed E-state index contributed by atoms with van der Waals surface area (Å²) in [6, 6.07) is 7.26. The Morgan fingerprint density at radius 3 is 2.86 bits per heavy atom. The lowest BCUT2D eigenvalue weighted by Gasteiger charge is -2.09. The van der Waals surface area contributed by atoms with E-state index in [2.05, 4.69) is 20.9 Å². The molecule has 0 fully saturated rings. The van der Waals surface area contributed by atoms with E-state index in [0.29, 0.717) is 10.0 Å². The van der Waals surface area contributed by atoms with Crippen LogP contribution in [0.15, 0.2) is 41.0 Å². The van der Waals surface area contributed by atoms with Gasteiger partial charge in [0.15, 0.2) is 5.69 Å². The van der Waals surface area contributed by atoms with Crippen LogP contribution in [0, 0.1) is 10.1 Å². The zero-order chi connectivity index (χ0) is 15.4. The zero-order valence-corrected chi connectivity index (χ0v) is 12.1. The minimum atomic E-state index is -1.16. The molecule has 0 unspecified atom stereocenters. The molecular formula is C13H9BrN2O5. The average Bonchev–Trinajstić information content (AvgIpc) is 2.46. The van der Waals surface area contributed by atoms with Gasteiger partial charge in [0, 0.05) is 17.8 Å². The molecule has 21 heavy (non-hydrogen) atoms. The lowest BCUT2D eigenvalue weighted by atomic mass is 10.2. The molecule has 0 saturated heterocycles. The second kappa shape index (κ2) is 6.31. The van der Waals surface area contributed by atoms with Gasteiger partial charge in [0.05, 0.1) is 15.5 Å². The molecule has 108 valence electrons. The number of carboxylic acids is 1. The first-order chi connectivity index (χ1) is 9.99. The van der Waals surface area contributed by atoms with E-state index >= 15 is 0 Å². The van der Waals surface area contributed by atoms with Crippen LogP contribution in [-0.2, 0) is 6.61 Å². The molecule has 1 heterocycles. The minimum absolute atomic E-state index is 0.0603. The molecule has 1 aromatic carbocycles. The molecule has 1 N–H and O–H groups in total. The Kier molecular flexibility index (Phi) is 4.49. The summed E-state index contributed by atoms with van der Waals surface area (Å²) in [5.41, 5.74) is 0.153. The molecule has 7 nitrogen and oxygen atoms in total. The topological polar surface area (TPSA) is 103 Å². The largest absolute Gasteiger partial charge is 0.487 e. The third-order valence-corrected chi connectivity index (χ3v) is 3.26. The normalized spacial score (nSPS) is 10.1. The van der Waals surface area contributed by atoms with Crippen molar-refractivity contribution in [2.45, 2.75) is 6.61 Å². The molecule has 2 aromatic rings. The van der Waals surface area contributed by atoms with Crippen molar-refractivity contribution in [1.82, 2.24) is 4.98 Å². The van der Waals surface area contributed by atoms with Crippen LogP contribution >= 0.6 is 15.9 Å². The smallest absolute Gasteiger partial charge is 0.354 e. The van der Waals surface area contributed by atoms with Gasteiger partial charge >= 0.3 is 5.97 Å². The van der Waals surface area contributed by atoms with Crippen molar-refractivity contribution in [2.24, 2.45) is 0 Å². The Labute approximate surface area is 127 Å². The molecular weight excluding hydrogens is 344 g/mol. The summed E-state index contributed by atoms with van der Waals surface area (Å²) < 4.78 is 5.99. The first kappa shape index (κ1) is 14.9. The third kappa shape index (κ3) is 3.54. The number of nitro benzene ring substituents is 1. The highest BCUT2D eigenvalue weighted by atomic mass is 79.9. The molecule has 0 bridgehead atoms. The average molecular weight is 353 g/mol. The van der Waals surface area contributed by atoms with Gasteiger partial charge < -0.3 is 9.84 Å². The van der Waals surface area contributed by atoms with Crippen molar-refractivity contribution in [3.63, 3.8) is 0 Å². The molecule has 0 aliphatic carbocycles. The van der Waals surface area contributed by atoms with E-state index in [4.69, 9.17) is 9.84 Å². The Morgan fingerprint density at radius 2 is 2.19 bits per heavy atom. The van der Waals surface area contributed by atoms with Crippen LogP contribution in [0.3, 0.4) is 0 Å². The fourth-order valence-corrected chi connectivity index (χ4v) is 1.98. The van der Waals surface area contributed by atoms with Crippen molar-refractivity contribution in [3.05, 3.63) is 62.4 Å². The lowest BCUT2D eigenvalue weighted by molar-refractivity contribution is -0.385. The van der Waals surface area contributed by atoms with Crippen LogP contribution in [0.25, 0.3) is 0 Å². The number of aromatic carboxylic acids is 1. The van der Waals surface area contributed by atoms with Gasteiger partial charge in [0.1, 0.15) is 12.4 Å². The van der Waals surface area contributed by atoms with Crippen molar-refractivity contribution in [3.8, 4) is 5.75 Å². The van der Waals surface area contributed by atoms with E-state index in [9.17, 15) is 14.9 Å². The van der Waals surface area contributed by atoms with Crippen molar-refractivity contribution < 1.29 is 19.6 Å².